The topological polar surface area (TPSA) is 36.9 Å². The summed E-state index contributed by atoms with van der Waals surface area (Å²) in [4.78, 5) is 0. The molecule has 5 rings (SSSR count). The number of ether oxygens (including phenoxy) is 4. The van der Waals surface area contributed by atoms with E-state index in [0.717, 1.165) is 31.4 Å². The first-order chi connectivity index (χ1) is 22.9. The maximum atomic E-state index is 15.2. The Morgan fingerprint density at radius 2 is 1.48 bits per heavy atom. The fourth-order valence-corrected chi connectivity index (χ4v) is 5.46. The van der Waals surface area contributed by atoms with Crippen LogP contribution in [0, 0.1) is 40.8 Å². The first kappa shape index (κ1) is 35.5. The molecule has 1 saturated heterocycles. The van der Waals surface area contributed by atoms with Gasteiger partial charge in [0, 0.05) is 41.7 Å². The Balaban J connectivity index is 1.24. The Bertz CT molecular complexity index is 1640. The molecule has 13 heteroatoms. The summed E-state index contributed by atoms with van der Waals surface area (Å²) in [7, 11) is 0. The average Bonchev–Trinajstić information content (AvgIpc) is 3.03. The van der Waals surface area contributed by atoms with Crippen LogP contribution in [0.5, 0.6) is 5.75 Å². The molecular formula is C35H31F9O4. The highest BCUT2D eigenvalue weighted by molar-refractivity contribution is 5.66. The monoisotopic (exact) mass is 686 g/mol. The maximum Gasteiger partial charge on any atom is 0.432 e. The fraction of sp³-hybridized carbons (Fsp3) is 0.371. The summed E-state index contributed by atoms with van der Waals surface area (Å²) in [5.41, 5.74) is -2.08. The van der Waals surface area contributed by atoms with E-state index in [1.54, 1.807) is 6.08 Å². The van der Waals surface area contributed by atoms with E-state index in [-0.39, 0.29) is 35.6 Å². The molecule has 0 N–H and O–H groups in total. The van der Waals surface area contributed by atoms with Crippen LogP contribution in [-0.4, -0.2) is 32.7 Å². The van der Waals surface area contributed by atoms with Crippen molar-refractivity contribution in [2.75, 3.05) is 26.4 Å². The molecule has 1 heterocycles. The third kappa shape index (κ3) is 8.07. The highest BCUT2D eigenvalue weighted by Gasteiger charge is 2.42. The highest BCUT2D eigenvalue weighted by Crippen LogP contribution is 2.40. The van der Waals surface area contributed by atoms with Gasteiger partial charge in [-0.3, -0.25) is 0 Å². The molecule has 1 aliphatic carbocycles. The molecule has 2 aliphatic rings. The minimum atomic E-state index is -4.80. The fourth-order valence-electron chi connectivity index (χ4n) is 5.46. The standard InChI is InChI=1S/C35H31F9O4/c1-2-3-4-9-45-16-19-17-46-34(47-18-19)21-6-8-24(27(37)11-21)20-5-7-25(26(36)10-20)22-12-28(38)32(29(39)13-22)35(43,44)48-23-14-30(40)33(42)31(41)15-23/h5-7,10-15,19,24,34H,2-4,8-9,16-18H2,1H3. The number of hydrogen-bond donors (Lipinski definition) is 0. The van der Waals surface area contributed by atoms with Crippen LogP contribution in [0.4, 0.5) is 39.5 Å². The van der Waals surface area contributed by atoms with E-state index < -0.39 is 75.9 Å². The zero-order valence-corrected chi connectivity index (χ0v) is 25.6. The summed E-state index contributed by atoms with van der Waals surface area (Å²) in [5, 5.41) is 0. The summed E-state index contributed by atoms with van der Waals surface area (Å²) in [6, 6.07) is 4.44. The van der Waals surface area contributed by atoms with Gasteiger partial charge in [0.25, 0.3) is 0 Å². The summed E-state index contributed by atoms with van der Waals surface area (Å²) in [5.74, 6) is -13.1. The van der Waals surface area contributed by atoms with Crippen LogP contribution in [0.25, 0.3) is 11.1 Å². The van der Waals surface area contributed by atoms with Gasteiger partial charge in [-0.25, -0.2) is 30.7 Å². The van der Waals surface area contributed by atoms with Crippen molar-refractivity contribution in [3.05, 3.63) is 112 Å². The first-order valence-corrected chi connectivity index (χ1v) is 15.3. The molecule has 0 spiro atoms. The Labute approximate surface area is 270 Å². The molecule has 0 radical (unpaired) electrons. The Morgan fingerprint density at radius 1 is 0.812 bits per heavy atom. The SMILES string of the molecule is CCCCCOCC1COC(C2=CCC(c3ccc(-c4cc(F)c(C(F)(F)Oc5cc(F)c(F)c(F)c5)c(F)c4)c(F)c3)C(F)=C2)OC1. The second-order valence-electron chi connectivity index (χ2n) is 11.5. The molecule has 1 atom stereocenters. The van der Waals surface area contributed by atoms with Gasteiger partial charge in [-0.1, -0.05) is 38.0 Å². The normalized spacial score (nSPS) is 20.0. The predicted octanol–water partition coefficient (Wildman–Crippen LogP) is 9.78. The van der Waals surface area contributed by atoms with E-state index in [4.69, 9.17) is 14.2 Å². The van der Waals surface area contributed by atoms with Gasteiger partial charge >= 0.3 is 6.11 Å². The summed E-state index contributed by atoms with van der Waals surface area (Å²) in [6.07, 6.45) is 0.711. The van der Waals surface area contributed by atoms with Crippen LogP contribution in [0.15, 0.2) is 66.0 Å². The third-order valence-electron chi connectivity index (χ3n) is 7.95. The number of benzene rings is 3. The van der Waals surface area contributed by atoms with Gasteiger partial charge in [0.05, 0.1) is 19.8 Å². The minimum absolute atomic E-state index is 0.0522. The number of alkyl halides is 2. The van der Waals surface area contributed by atoms with Gasteiger partial charge in [-0.15, -0.1) is 0 Å². The third-order valence-corrected chi connectivity index (χ3v) is 7.95. The average molecular weight is 687 g/mol. The van der Waals surface area contributed by atoms with Crippen LogP contribution >= 0.6 is 0 Å². The predicted molar refractivity (Wildman–Crippen MR) is 157 cm³/mol. The number of halogens is 9. The van der Waals surface area contributed by atoms with Gasteiger partial charge in [-0.2, -0.15) is 8.78 Å². The maximum absolute atomic E-state index is 15.2. The van der Waals surface area contributed by atoms with Crippen LogP contribution in [0.1, 0.15) is 49.7 Å². The van der Waals surface area contributed by atoms with Crippen molar-refractivity contribution in [2.45, 2.75) is 50.9 Å². The van der Waals surface area contributed by atoms with Crippen molar-refractivity contribution >= 4 is 0 Å². The summed E-state index contributed by atoms with van der Waals surface area (Å²) >= 11 is 0. The molecule has 1 aliphatic heterocycles. The van der Waals surface area contributed by atoms with Crippen molar-refractivity contribution < 1.29 is 58.5 Å². The van der Waals surface area contributed by atoms with E-state index >= 15 is 8.78 Å². The molecule has 48 heavy (non-hydrogen) atoms. The van der Waals surface area contributed by atoms with Crippen LogP contribution in [-0.2, 0) is 20.3 Å². The van der Waals surface area contributed by atoms with Crippen molar-refractivity contribution in [3.63, 3.8) is 0 Å². The molecule has 0 amide bonds. The number of rotatable bonds is 12. The molecular weight excluding hydrogens is 655 g/mol. The second kappa shape index (κ2) is 15.2. The quantitative estimate of drug-likeness (QED) is 0.108. The van der Waals surface area contributed by atoms with Crippen molar-refractivity contribution in [3.8, 4) is 16.9 Å². The van der Waals surface area contributed by atoms with Crippen LogP contribution in [0.2, 0.25) is 0 Å². The summed E-state index contributed by atoms with van der Waals surface area (Å²) in [6.45, 7) is 4.02. The molecule has 3 aromatic carbocycles. The lowest BCUT2D eigenvalue weighted by Gasteiger charge is -2.31. The molecule has 0 aromatic heterocycles. The largest absolute Gasteiger partial charge is 0.432 e. The van der Waals surface area contributed by atoms with Crippen LogP contribution in [0.3, 0.4) is 0 Å². The van der Waals surface area contributed by atoms with E-state index in [2.05, 4.69) is 11.7 Å². The minimum Gasteiger partial charge on any atom is -0.429 e. The number of allylic oxidation sites excluding steroid dienone is 2. The van der Waals surface area contributed by atoms with Crippen molar-refractivity contribution in [1.29, 1.82) is 0 Å². The molecule has 3 aromatic rings. The zero-order valence-electron chi connectivity index (χ0n) is 25.6. The van der Waals surface area contributed by atoms with E-state index in [1.807, 2.05) is 0 Å². The van der Waals surface area contributed by atoms with E-state index in [0.29, 0.717) is 44.1 Å². The lowest BCUT2D eigenvalue weighted by Crippen LogP contribution is -2.35. The molecule has 1 fully saturated rings. The van der Waals surface area contributed by atoms with Crippen molar-refractivity contribution in [2.24, 2.45) is 5.92 Å². The van der Waals surface area contributed by atoms with Crippen molar-refractivity contribution in [1.82, 2.24) is 0 Å². The Hall–Kier alpha value is -3.81. The highest BCUT2D eigenvalue weighted by atomic mass is 19.3. The molecule has 0 saturated carbocycles. The van der Waals surface area contributed by atoms with Gasteiger partial charge in [0.1, 0.15) is 34.6 Å². The number of hydrogen-bond acceptors (Lipinski definition) is 4. The Kier molecular flexibility index (Phi) is 11.2. The first-order valence-electron chi connectivity index (χ1n) is 15.3. The summed E-state index contributed by atoms with van der Waals surface area (Å²) < 4.78 is 151. The second-order valence-corrected chi connectivity index (χ2v) is 11.5. The smallest absolute Gasteiger partial charge is 0.429 e. The zero-order chi connectivity index (χ0) is 34.6. The lowest BCUT2D eigenvalue weighted by atomic mass is 9.87. The van der Waals surface area contributed by atoms with Gasteiger partial charge in [0.2, 0.25) is 0 Å². The molecule has 258 valence electrons. The molecule has 0 bridgehead atoms. The van der Waals surface area contributed by atoms with Crippen LogP contribution < -0.4 is 4.74 Å². The molecule has 1 unspecified atom stereocenters. The van der Waals surface area contributed by atoms with Gasteiger partial charge < -0.3 is 18.9 Å². The van der Waals surface area contributed by atoms with Gasteiger partial charge in [-0.05, 0) is 48.2 Å². The van der Waals surface area contributed by atoms with E-state index in [9.17, 15) is 30.7 Å². The Morgan fingerprint density at radius 3 is 2.08 bits per heavy atom. The molecule has 4 nitrogen and oxygen atoms in total. The van der Waals surface area contributed by atoms with E-state index in [1.165, 1.54) is 12.1 Å². The van der Waals surface area contributed by atoms with Gasteiger partial charge in [0.15, 0.2) is 23.7 Å². The number of unbranched alkanes of at least 4 members (excludes halogenated alkanes) is 2. The lowest BCUT2D eigenvalue weighted by molar-refractivity contribution is -0.189.